The Balaban J connectivity index is 1.37. The van der Waals surface area contributed by atoms with Crippen LogP contribution >= 0.6 is 0 Å². The maximum absolute atomic E-state index is 12.3. The van der Waals surface area contributed by atoms with Crippen LogP contribution in [0.25, 0.3) is 0 Å². The van der Waals surface area contributed by atoms with Crippen molar-refractivity contribution in [3.05, 3.63) is 77.5 Å². The van der Waals surface area contributed by atoms with Gasteiger partial charge in [0, 0.05) is 24.5 Å². The summed E-state index contributed by atoms with van der Waals surface area (Å²) in [7, 11) is 0. The molecule has 6 heteroatoms. The average molecular weight is 375 g/mol. The highest BCUT2D eigenvalue weighted by Crippen LogP contribution is 2.33. The molecule has 1 amide bonds. The van der Waals surface area contributed by atoms with Gasteiger partial charge in [0.25, 0.3) is 5.91 Å². The van der Waals surface area contributed by atoms with Gasteiger partial charge in [-0.25, -0.2) is 4.98 Å². The van der Waals surface area contributed by atoms with Gasteiger partial charge in [-0.3, -0.25) is 4.79 Å². The summed E-state index contributed by atoms with van der Waals surface area (Å²) in [4.78, 5) is 16.7. The van der Waals surface area contributed by atoms with Gasteiger partial charge in [-0.05, 0) is 36.8 Å². The van der Waals surface area contributed by atoms with Gasteiger partial charge in [-0.15, -0.1) is 0 Å². The Labute approximate surface area is 163 Å². The van der Waals surface area contributed by atoms with Crippen molar-refractivity contribution in [1.29, 1.82) is 0 Å². The second-order valence-corrected chi connectivity index (χ2v) is 6.59. The van der Waals surface area contributed by atoms with E-state index in [9.17, 15) is 4.79 Å². The van der Waals surface area contributed by atoms with Crippen LogP contribution in [0, 0.1) is 6.92 Å². The number of aromatic nitrogens is 1. The number of aryl methyl sites for hydroxylation is 1. The predicted octanol–water partition coefficient (Wildman–Crippen LogP) is 3.83. The van der Waals surface area contributed by atoms with E-state index in [0.29, 0.717) is 36.9 Å². The summed E-state index contributed by atoms with van der Waals surface area (Å²) < 4.78 is 11.1. The zero-order valence-electron chi connectivity index (χ0n) is 15.6. The summed E-state index contributed by atoms with van der Waals surface area (Å²) in [6.07, 6.45) is 1.56. The van der Waals surface area contributed by atoms with Crippen LogP contribution in [0.4, 0.5) is 11.5 Å². The Bertz CT molecular complexity index is 987. The van der Waals surface area contributed by atoms with Crippen LogP contribution in [-0.4, -0.2) is 24.1 Å². The highest BCUT2D eigenvalue weighted by atomic mass is 16.6. The molecule has 2 heterocycles. The molecule has 0 radical (unpaired) electrons. The fraction of sp³-hybridized carbons (Fsp3) is 0.182. The summed E-state index contributed by atoms with van der Waals surface area (Å²) in [6.45, 7) is 3.62. The lowest BCUT2D eigenvalue weighted by Crippen LogP contribution is -2.22. The third-order valence-corrected chi connectivity index (χ3v) is 4.38. The van der Waals surface area contributed by atoms with E-state index in [-0.39, 0.29) is 5.91 Å². The number of carbonyl (C=O) groups is 1. The van der Waals surface area contributed by atoms with Gasteiger partial charge >= 0.3 is 0 Å². The fourth-order valence-electron chi connectivity index (χ4n) is 2.98. The standard InChI is InChI=1S/C22H21N3O3/c1-15-3-2-4-16(11-15)13-24-22(26)17-5-8-21(23-14-17)25-18-6-7-19-20(12-18)28-10-9-27-19/h2-8,11-12,14H,9-10,13H2,1H3,(H,23,25)(H,24,26). The number of nitrogens with zero attached hydrogens (tertiary/aromatic N) is 1. The second-order valence-electron chi connectivity index (χ2n) is 6.59. The van der Waals surface area contributed by atoms with Crippen molar-refractivity contribution in [2.24, 2.45) is 0 Å². The number of pyridine rings is 1. The van der Waals surface area contributed by atoms with Gasteiger partial charge in [-0.2, -0.15) is 0 Å². The van der Waals surface area contributed by atoms with Crippen molar-refractivity contribution < 1.29 is 14.3 Å². The van der Waals surface area contributed by atoms with Gasteiger partial charge in [-0.1, -0.05) is 29.8 Å². The average Bonchev–Trinajstić information content (AvgIpc) is 2.72. The van der Waals surface area contributed by atoms with Gasteiger partial charge in [0.1, 0.15) is 19.0 Å². The Morgan fingerprint density at radius 1 is 1.04 bits per heavy atom. The molecule has 2 aromatic carbocycles. The van der Waals surface area contributed by atoms with E-state index in [4.69, 9.17) is 9.47 Å². The number of benzene rings is 2. The summed E-state index contributed by atoms with van der Waals surface area (Å²) in [5.41, 5.74) is 3.59. The first-order valence-corrected chi connectivity index (χ1v) is 9.14. The molecule has 0 spiro atoms. The minimum atomic E-state index is -0.153. The van der Waals surface area contributed by atoms with E-state index >= 15 is 0 Å². The molecule has 0 fully saturated rings. The fourth-order valence-corrected chi connectivity index (χ4v) is 2.98. The molecule has 2 N–H and O–H groups in total. The predicted molar refractivity (Wildman–Crippen MR) is 107 cm³/mol. The molecule has 3 aromatic rings. The molecule has 0 unspecified atom stereocenters. The lowest BCUT2D eigenvalue weighted by molar-refractivity contribution is 0.0950. The third-order valence-electron chi connectivity index (χ3n) is 4.38. The highest BCUT2D eigenvalue weighted by molar-refractivity contribution is 5.94. The number of nitrogens with one attached hydrogen (secondary N) is 2. The molecule has 28 heavy (non-hydrogen) atoms. The smallest absolute Gasteiger partial charge is 0.253 e. The van der Waals surface area contributed by atoms with E-state index in [1.807, 2.05) is 43.3 Å². The molecule has 1 aliphatic rings. The number of amides is 1. The van der Waals surface area contributed by atoms with Crippen molar-refractivity contribution in [3.8, 4) is 11.5 Å². The van der Waals surface area contributed by atoms with Crippen molar-refractivity contribution in [2.45, 2.75) is 13.5 Å². The largest absolute Gasteiger partial charge is 0.486 e. The summed E-state index contributed by atoms with van der Waals surface area (Å²) in [5, 5.41) is 6.12. The van der Waals surface area contributed by atoms with E-state index < -0.39 is 0 Å². The number of hydrogen-bond donors (Lipinski definition) is 2. The van der Waals surface area contributed by atoms with Crippen molar-refractivity contribution in [1.82, 2.24) is 10.3 Å². The quantitative estimate of drug-likeness (QED) is 0.709. The number of rotatable bonds is 5. The summed E-state index contributed by atoms with van der Waals surface area (Å²) in [5.74, 6) is 1.94. The summed E-state index contributed by atoms with van der Waals surface area (Å²) in [6, 6.07) is 17.2. The highest BCUT2D eigenvalue weighted by Gasteiger charge is 2.12. The molecule has 0 aliphatic carbocycles. The third kappa shape index (κ3) is 4.23. The van der Waals surface area contributed by atoms with Crippen molar-refractivity contribution in [2.75, 3.05) is 18.5 Å². The molecular weight excluding hydrogens is 354 g/mol. The molecule has 142 valence electrons. The Hall–Kier alpha value is -3.54. The molecule has 6 nitrogen and oxygen atoms in total. The molecule has 1 aromatic heterocycles. The lowest BCUT2D eigenvalue weighted by Gasteiger charge is -2.19. The minimum absolute atomic E-state index is 0.153. The topological polar surface area (TPSA) is 72.5 Å². The van der Waals surface area contributed by atoms with Crippen LogP contribution in [0.2, 0.25) is 0 Å². The lowest BCUT2D eigenvalue weighted by atomic mass is 10.1. The number of carbonyl (C=O) groups excluding carboxylic acids is 1. The van der Waals surface area contributed by atoms with E-state index in [1.54, 1.807) is 18.3 Å². The van der Waals surface area contributed by atoms with E-state index in [1.165, 1.54) is 5.56 Å². The van der Waals surface area contributed by atoms with Crippen LogP contribution in [0.5, 0.6) is 11.5 Å². The molecule has 0 atom stereocenters. The van der Waals surface area contributed by atoms with Crippen molar-refractivity contribution >= 4 is 17.4 Å². The molecule has 0 bridgehead atoms. The second kappa shape index (κ2) is 8.00. The normalized spacial score (nSPS) is 12.3. The van der Waals surface area contributed by atoms with Gasteiger partial charge in [0.2, 0.25) is 0 Å². The zero-order valence-corrected chi connectivity index (χ0v) is 15.6. The minimum Gasteiger partial charge on any atom is -0.486 e. The SMILES string of the molecule is Cc1cccc(CNC(=O)c2ccc(Nc3ccc4c(c3)OCCO4)nc2)c1. The molecule has 1 aliphatic heterocycles. The van der Waals surface area contributed by atoms with Gasteiger partial charge < -0.3 is 20.1 Å². The van der Waals surface area contributed by atoms with Gasteiger partial charge in [0.05, 0.1) is 5.56 Å². The maximum atomic E-state index is 12.3. The molecular formula is C22H21N3O3. The number of ether oxygens (including phenoxy) is 2. The maximum Gasteiger partial charge on any atom is 0.253 e. The first kappa shape index (κ1) is 17.9. The Morgan fingerprint density at radius 2 is 1.89 bits per heavy atom. The number of hydrogen-bond acceptors (Lipinski definition) is 5. The zero-order chi connectivity index (χ0) is 19.3. The van der Waals surface area contributed by atoms with Gasteiger partial charge in [0.15, 0.2) is 11.5 Å². The van der Waals surface area contributed by atoms with Crippen LogP contribution in [0.1, 0.15) is 21.5 Å². The van der Waals surface area contributed by atoms with Crippen LogP contribution in [0.3, 0.4) is 0 Å². The first-order chi connectivity index (χ1) is 13.7. The number of anilines is 2. The Morgan fingerprint density at radius 3 is 2.68 bits per heavy atom. The molecule has 0 saturated carbocycles. The van der Waals surface area contributed by atoms with Crippen molar-refractivity contribution in [3.63, 3.8) is 0 Å². The monoisotopic (exact) mass is 375 g/mol. The number of fused-ring (bicyclic) bond motifs is 1. The molecule has 4 rings (SSSR count). The van der Waals surface area contributed by atoms with E-state index in [0.717, 1.165) is 17.0 Å². The summed E-state index contributed by atoms with van der Waals surface area (Å²) >= 11 is 0. The van der Waals surface area contributed by atoms with E-state index in [2.05, 4.69) is 21.7 Å². The van der Waals surface area contributed by atoms with Crippen LogP contribution in [-0.2, 0) is 6.54 Å². The van der Waals surface area contributed by atoms with Crippen LogP contribution in [0.15, 0.2) is 60.8 Å². The van der Waals surface area contributed by atoms with Crippen LogP contribution < -0.4 is 20.1 Å². The first-order valence-electron chi connectivity index (χ1n) is 9.14. The molecule has 0 saturated heterocycles. The Kier molecular flexibility index (Phi) is 5.10.